The maximum Gasteiger partial charge on any atom is 0.121 e. The molecular weight excluding hydrogens is 390 g/mol. The number of fused-ring (bicyclic) bond motifs is 3. The highest BCUT2D eigenvalue weighted by atomic mass is 15.3. The fraction of sp³-hybridized carbons (Fsp3) is 0.172. The third-order valence-corrected chi connectivity index (χ3v) is 7.29. The second-order valence-electron chi connectivity index (χ2n) is 9.41. The Morgan fingerprint density at radius 1 is 0.875 bits per heavy atom. The molecule has 0 saturated carbocycles. The van der Waals surface area contributed by atoms with Crippen molar-refractivity contribution in [1.29, 1.82) is 0 Å². The van der Waals surface area contributed by atoms with Crippen molar-refractivity contribution in [1.82, 2.24) is 15.4 Å². The lowest BCUT2D eigenvalue weighted by Gasteiger charge is -2.40. The Labute approximate surface area is 187 Å². The summed E-state index contributed by atoms with van der Waals surface area (Å²) < 4.78 is 0. The first-order valence-corrected chi connectivity index (χ1v) is 11.1. The highest BCUT2D eigenvalue weighted by molar-refractivity contribution is 6.10. The van der Waals surface area contributed by atoms with Crippen LogP contribution in [-0.2, 0) is 0 Å². The molecule has 3 heteroatoms. The molecular formula is C29H25N3. The highest BCUT2D eigenvalue weighted by Crippen LogP contribution is 2.50. The Bertz CT molecular complexity index is 1500. The van der Waals surface area contributed by atoms with Gasteiger partial charge in [0.15, 0.2) is 0 Å². The number of hydrogen-bond acceptors (Lipinski definition) is 2. The highest BCUT2D eigenvalue weighted by Gasteiger charge is 2.37. The molecule has 1 unspecified atom stereocenters. The molecule has 4 aromatic carbocycles. The fourth-order valence-corrected chi connectivity index (χ4v) is 5.33. The van der Waals surface area contributed by atoms with Crippen molar-refractivity contribution in [3.05, 3.63) is 101 Å². The maximum atomic E-state index is 4.41. The summed E-state index contributed by atoms with van der Waals surface area (Å²) in [6.45, 7) is 6.97. The lowest BCUT2D eigenvalue weighted by atomic mass is 9.63. The van der Waals surface area contributed by atoms with Gasteiger partial charge in [0, 0.05) is 11.5 Å². The summed E-state index contributed by atoms with van der Waals surface area (Å²) in [5.74, 6) is 0.317. The number of nitrogens with one attached hydrogen (secondary N) is 1. The van der Waals surface area contributed by atoms with Crippen LogP contribution in [0, 0.1) is 5.41 Å². The molecule has 1 aliphatic carbocycles. The first kappa shape index (κ1) is 19.0. The van der Waals surface area contributed by atoms with Gasteiger partial charge in [-0.2, -0.15) is 0 Å². The molecule has 0 radical (unpaired) electrons. The summed E-state index contributed by atoms with van der Waals surface area (Å²) in [6, 6.07) is 28.5. The maximum absolute atomic E-state index is 4.41. The molecule has 6 rings (SSSR count). The first-order chi connectivity index (χ1) is 15.5. The van der Waals surface area contributed by atoms with E-state index < -0.39 is 0 Å². The molecule has 0 saturated heterocycles. The molecule has 1 atom stereocenters. The van der Waals surface area contributed by atoms with E-state index in [0.29, 0.717) is 5.92 Å². The number of aromatic nitrogens is 3. The minimum absolute atomic E-state index is 0.0503. The van der Waals surface area contributed by atoms with E-state index in [0.717, 1.165) is 16.6 Å². The number of H-pyrrole nitrogens is 1. The molecule has 1 aromatic heterocycles. The van der Waals surface area contributed by atoms with E-state index in [1.165, 1.54) is 38.6 Å². The summed E-state index contributed by atoms with van der Waals surface area (Å²) >= 11 is 0. The van der Waals surface area contributed by atoms with Gasteiger partial charge in [-0.15, -0.1) is 5.10 Å². The van der Waals surface area contributed by atoms with Crippen LogP contribution in [-0.4, -0.2) is 15.4 Å². The van der Waals surface area contributed by atoms with Crippen LogP contribution in [0.15, 0.2) is 84.4 Å². The van der Waals surface area contributed by atoms with Crippen molar-refractivity contribution in [2.24, 2.45) is 5.41 Å². The van der Waals surface area contributed by atoms with Crippen LogP contribution in [0.1, 0.15) is 43.4 Å². The van der Waals surface area contributed by atoms with Crippen molar-refractivity contribution in [2.45, 2.75) is 26.7 Å². The van der Waals surface area contributed by atoms with Gasteiger partial charge in [-0.25, -0.2) is 0 Å². The van der Waals surface area contributed by atoms with E-state index >= 15 is 0 Å². The Hall–Kier alpha value is -3.72. The van der Waals surface area contributed by atoms with Crippen LogP contribution < -0.4 is 0 Å². The number of allylic oxidation sites excluding steroid dienone is 1. The first-order valence-electron chi connectivity index (χ1n) is 11.1. The number of aromatic amines is 1. The van der Waals surface area contributed by atoms with Crippen LogP contribution in [0.2, 0.25) is 0 Å². The lowest BCUT2D eigenvalue weighted by Crippen LogP contribution is -2.28. The van der Waals surface area contributed by atoms with Gasteiger partial charge >= 0.3 is 0 Å². The summed E-state index contributed by atoms with van der Waals surface area (Å²) in [5, 5.41) is 13.9. The molecule has 1 heterocycles. The molecule has 0 aliphatic heterocycles. The molecule has 3 nitrogen and oxygen atoms in total. The second-order valence-corrected chi connectivity index (χ2v) is 9.41. The standard InChI is InChI=1S/C29H25N3/c1-18-16-21-8-5-7-11-24(21)27(29(18,2)3)20-14-12-19(13-15-20)26-23-10-6-4-9-22(23)17-25-28(26)31-32-30-25/h4-17,27H,1-3H3,(H,30,31,32). The third kappa shape index (κ3) is 2.74. The molecule has 32 heavy (non-hydrogen) atoms. The molecule has 0 amide bonds. The van der Waals surface area contributed by atoms with Crippen molar-refractivity contribution < 1.29 is 0 Å². The molecule has 156 valence electrons. The second kappa shape index (κ2) is 6.89. The normalized spacial score (nSPS) is 17.3. The smallest absolute Gasteiger partial charge is 0.121 e. The van der Waals surface area contributed by atoms with Gasteiger partial charge in [-0.05, 0) is 51.4 Å². The van der Waals surface area contributed by atoms with Gasteiger partial charge in [0.25, 0.3) is 0 Å². The Morgan fingerprint density at radius 3 is 2.47 bits per heavy atom. The van der Waals surface area contributed by atoms with Gasteiger partial charge < -0.3 is 0 Å². The summed E-state index contributed by atoms with van der Waals surface area (Å²) in [6.07, 6.45) is 2.34. The Kier molecular flexibility index (Phi) is 4.09. The van der Waals surface area contributed by atoms with Crippen molar-refractivity contribution in [3.8, 4) is 11.1 Å². The van der Waals surface area contributed by atoms with Crippen molar-refractivity contribution in [3.63, 3.8) is 0 Å². The van der Waals surface area contributed by atoms with Gasteiger partial charge in [0.2, 0.25) is 0 Å². The van der Waals surface area contributed by atoms with E-state index in [1.807, 2.05) is 0 Å². The van der Waals surface area contributed by atoms with E-state index in [1.54, 1.807) is 0 Å². The van der Waals surface area contributed by atoms with Crippen LogP contribution in [0.25, 0.3) is 39.0 Å². The number of nitrogens with zero attached hydrogens (tertiary/aromatic N) is 2. The third-order valence-electron chi connectivity index (χ3n) is 7.29. The summed E-state index contributed by atoms with van der Waals surface area (Å²) in [5.41, 5.74) is 9.73. The fourth-order valence-electron chi connectivity index (χ4n) is 5.33. The minimum Gasteiger partial charge on any atom is -0.257 e. The molecule has 0 bridgehead atoms. The monoisotopic (exact) mass is 415 g/mol. The van der Waals surface area contributed by atoms with Crippen molar-refractivity contribution in [2.75, 3.05) is 0 Å². The van der Waals surface area contributed by atoms with Gasteiger partial charge in [0.05, 0.1) is 5.52 Å². The van der Waals surface area contributed by atoms with Crippen LogP contribution in [0.5, 0.6) is 0 Å². The number of rotatable bonds is 2. The zero-order valence-corrected chi connectivity index (χ0v) is 18.6. The van der Waals surface area contributed by atoms with Gasteiger partial charge in [-0.3, -0.25) is 5.10 Å². The average molecular weight is 416 g/mol. The van der Waals surface area contributed by atoms with Crippen molar-refractivity contribution >= 4 is 27.9 Å². The average Bonchev–Trinajstić information content (AvgIpc) is 3.26. The van der Waals surface area contributed by atoms with Gasteiger partial charge in [-0.1, -0.05) is 104 Å². The minimum atomic E-state index is 0.0503. The molecule has 5 aromatic rings. The SMILES string of the molecule is CC1=Cc2ccccc2C(c2ccc(-c3c4ccccc4cc4[nH]nnc34)cc2)C1(C)C. The molecule has 0 fully saturated rings. The molecule has 1 aliphatic rings. The van der Waals surface area contributed by atoms with E-state index in [9.17, 15) is 0 Å². The topological polar surface area (TPSA) is 41.6 Å². The Balaban J connectivity index is 1.52. The number of hydrogen-bond donors (Lipinski definition) is 1. The zero-order valence-electron chi connectivity index (χ0n) is 18.6. The van der Waals surface area contributed by atoms with Gasteiger partial charge in [0.1, 0.15) is 5.52 Å². The predicted octanol–water partition coefficient (Wildman–Crippen LogP) is 7.35. The Morgan fingerprint density at radius 2 is 1.62 bits per heavy atom. The predicted molar refractivity (Wildman–Crippen MR) is 133 cm³/mol. The van der Waals surface area contributed by atoms with E-state index in [2.05, 4.69) is 121 Å². The summed E-state index contributed by atoms with van der Waals surface area (Å²) in [7, 11) is 0. The zero-order chi connectivity index (χ0) is 21.9. The van der Waals surface area contributed by atoms with Crippen LogP contribution in [0.4, 0.5) is 0 Å². The molecule has 0 spiro atoms. The number of benzene rings is 4. The van der Waals surface area contributed by atoms with E-state index in [4.69, 9.17) is 0 Å². The lowest BCUT2D eigenvalue weighted by molar-refractivity contribution is 0.385. The van der Waals surface area contributed by atoms with E-state index in [-0.39, 0.29) is 5.41 Å². The van der Waals surface area contributed by atoms with Crippen LogP contribution in [0.3, 0.4) is 0 Å². The van der Waals surface area contributed by atoms with Crippen LogP contribution >= 0.6 is 0 Å². The largest absolute Gasteiger partial charge is 0.257 e. The summed E-state index contributed by atoms with van der Waals surface area (Å²) in [4.78, 5) is 0. The molecule has 1 N–H and O–H groups in total. The quantitative estimate of drug-likeness (QED) is 0.327.